The number of rotatable bonds is 1. The highest BCUT2D eigenvalue weighted by molar-refractivity contribution is 7.17. The van der Waals surface area contributed by atoms with Gasteiger partial charge in [0, 0.05) is 4.88 Å². The summed E-state index contributed by atoms with van der Waals surface area (Å²) >= 11 is 1.65. The highest BCUT2D eigenvalue weighted by Gasteiger charge is 2.34. The number of benzene rings is 1. The molecule has 1 nitrogen and oxygen atoms in total. The van der Waals surface area contributed by atoms with E-state index in [9.17, 15) is 4.79 Å². The van der Waals surface area contributed by atoms with Gasteiger partial charge in [-0.3, -0.25) is 4.79 Å². The highest BCUT2D eigenvalue weighted by Crippen LogP contribution is 2.49. The standard InChI is InChI=1S/C18H20OS/c1-11-15-9-16(12(2)19)20-17(15)14-8-6-5-7-13(14)10-18(11,3)4/h5-9,11H,10H2,1-4H3. The molecule has 1 aromatic heterocycles. The van der Waals surface area contributed by atoms with Crippen molar-refractivity contribution in [3.05, 3.63) is 46.3 Å². The van der Waals surface area contributed by atoms with E-state index in [1.54, 1.807) is 18.3 Å². The van der Waals surface area contributed by atoms with Crippen molar-refractivity contribution < 1.29 is 4.79 Å². The zero-order chi connectivity index (χ0) is 14.5. The summed E-state index contributed by atoms with van der Waals surface area (Å²) in [7, 11) is 0. The molecule has 0 amide bonds. The van der Waals surface area contributed by atoms with E-state index in [-0.39, 0.29) is 11.2 Å². The Labute approximate surface area is 124 Å². The molecule has 0 fully saturated rings. The van der Waals surface area contributed by atoms with Crippen molar-refractivity contribution in [1.29, 1.82) is 0 Å². The Hall–Kier alpha value is -1.41. The number of carbonyl (C=O) groups is 1. The SMILES string of the molecule is CC(=O)c1cc2c(s1)-c1ccccc1CC(C)(C)C2C. The van der Waals surface area contributed by atoms with Gasteiger partial charge in [-0.2, -0.15) is 0 Å². The Balaban J connectivity index is 2.30. The molecular weight excluding hydrogens is 264 g/mol. The normalized spacial score (nSPS) is 19.9. The molecule has 0 radical (unpaired) electrons. The first kappa shape index (κ1) is 13.6. The molecule has 1 aliphatic rings. The van der Waals surface area contributed by atoms with Gasteiger partial charge in [0.25, 0.3) is 0 Å². The van der Waals surface area contributed by atoms with Crippen LogP contribution in [0.1, 0.15) is 54.4 Å². The van der Waals surface area contributed by atoms with E-state index >= 15 is 0 Å². The van der Waals surface area contributed by atoms with Crippen LogP contribution in [-0.4, -0.2) is 5.78 Å². The fraction of sp³-hybridized carbons (Fsp3) is 0.389. The van der Waals surface area contributed by atoms with Gasteiger partial charge in [-0.25, -0.2) is 0 Å². The van der Waals surface area contributed by atoms with Crippen LogP contribution in [-0.2, 0) is 6.42 Å². The van der Waals surface area contributed by atoms with E-state index < -0.39 is 0 Å². The molecule has 2 heteroatoms. The van der Waals surface area contributed by atoms with Crippen molar-refractivity contribution in [2.75, 3.05) is 0 Å². The molecule has 1 atom stereocenters. The lowest BCUT2D eigenvalue weighted by Crippen LogP contribution is -2.21. The monoisotopic (exact) mass is 284 g/mol. The van der Waals surface area contributed by atoms with Crippen LogP contribution in [0, 0.1) is 5.41 Å². The molecule has 1 heterocycles. The summed E-state index contributed by atoms with van der Waals surface area (Å²) in [5.41, 5.74) is 4.27. The van der Waals surface area contributed by atoms with Crippen LogP contribution in [0.5, 0.6) is 0 Å². The van der Waals surface area contributed by atoms with Crippen LogP contribution in [0.25, 0.3) is 10.4 Å². The molecule has 1 aromatic carbocycles. The lowest BCUT2D eigenvalue weighted by molar-refractivity contribution is 0.102. The smallest absolute Gasteiger partial charge is 0.169 e. The number of Topliss-reactive ketones (excluding diaryl/α,β-unsaturated/α-hetero) is 1. The van der Waals surface area contributed by atoms with Crippen molar-refractivity contribution in [3.8, 4) is 10.4 Å². The second kappa shape index (κ2) is 4.56. The van der Waals surface area contributed by atoms with Crippen molar-refractivity contribution in [1.82, 2.24) is 0 Å². The van der Waals surface area contributed by atoms with Crippen LogP contribution < -0.4 is 0 Å². The number of thiophene rings is 1. The number of carbonyl (C=O) groups excluding carboxylic acids is 1. The molecule has 104 valence electrons. The van der Waals surface area contributed by atoms with Gasteiger partial charge in [0.05, 0.1) is 4.88 Å². The minimum atomic E-state index is 0.172. The first-order valence-corrected chi connectivity index (χ1v) is 7.95. The van der Waals surface area contributed by atoms with Gasteiger partial charge in [-0.15, -0.1) is 11.3 Å². The zero-order valence-corrected chi connectivity index (χ0v) is 13.3. The van der Waals surface area contributed by atoms with E-state index in [1.807, 2.05) is 0 Å². The van der Waals surface area contributed by atoms with Crippen molar-refractivity contribution in [2.24, 2.45) is 5.41 Å². The first-order valence-electron chi connectivity index (χ1n) is 7.13. The lowest BCUT2D eigenvalue weighted by atomic mass is 9.74. The third-order valence-corrected chi connectivity index (χ3v) is 5.94. The summed E-state index contributed by atoms with van der Waals surface area (Å²) in [6.07, 6.45) is 1.08. The van der Waals surface area contributed by atoms with Crippen molar-refractivity contribution in [2.45, 2.75) is 40.0 Å². The molecule has 2 aromatic rings. The fourth-order valence-corrected chi connectivity index (χ4v) is 4.28. The van der Waals surface area contributed by atoms with E-state index in [0.717, 1.165) is 11.3 Å². The maximum atomic E-state index is 11.7. The summed E-state index contributed by atoms with van der Waals surface area (Å²) in [6.45, 7) is 8.61. The van der Waals surface area contributed by atoms with Crippen LogP contribution in [0.15, 0.2) is 30.3 Å². The van der Waals surface area contributed by atoms with E-state index in [1.165, 1.54) is 21.6 Å². The molecule has 20 heavy (non-hydrogen) atoms. The topological polar surface area (TPSA) is 17.1 Å². The number of ketones is 1. The average molecular weight is 284 g/mol. The lowest BCUT2D eigenvalue weighted by Gasteiger charge is -2.30. The van der Waals surface area contributed by atoms with Crippen LogP contribution in [0.4, 0.5) is 0 Å². The maximum Gasteiger partial charge on any atom is 0.169 e. The predicted octanol–water partition coefficient (Wildman–Crippen LogP) is 5.30. The van der Waals surface area contributed by atoms with Gasteiger partial charge in [0.15, 0.2) is 5.78 Å². The average Bonchev–Trinajstić information content (AvgIpc) is 2.80. The first-order chi connectivity index (χ1) is 9.40. The number of hydrogen-bond donors (Lipinski definition) is 0. The summed E-state index contributed by atoms with van der Waals surface area (Å²) in [4.78, 5) is 13.9. The second-order valence-corrected chi connectivity index (χ2v) is 7.55. The summed E-state index contributed by atoms with van der Waals surface area (Å²) < 4.78 is 0. The molecule has 0 spiro atoms. The van der Waals surface area contributed by atoms with Gasteiger partial charge in [-0.1, -0.05) is 45.0 Å². The molecule has 0 saturated heterocycles. The zero-order valence-electron chi connectivity index (χ0n) is 12.5. The largest absolute Gasteiger partial charge is 0.294 e. The van der Waals surface area contributed by atoms with Crippen LogP contribution in [0.2, 0.25) is 0 Å². The van der Waals surface area contributed by atoms with Gasteiger partial charge >= 0.3 is 0 Å². The Kier molecular flexibility index (Phi) is 3.09. The Morgan fingerprint density at radius 1 is 1.30 bits per heavy atom. The Morgan fingerprint density at radius 3 is 2.70 bits per heavy atom. The molecule has 1 unspecified atom stereocenters. The van der Waals surface area contributed by atoms with Crippen LogP contribution in [0.3, 0.4) is 0 Å². The third kappa shape index (κ3) is 2.03. The fourth-order valence-electron chi connectivity index (χ4n) is 3.07. The van der Waals surface area contributed by atoms with Gasteiger partial charge in [-0.05, 0) is 47.4 Å². The quantitative estimate of drug-likeness (QED) is 0.649. The van der Waals surface area contributed by atoms with E-state index in [4.69, 9.17) is 0 Å². The van der Waals surface area contributed by atoms with E-state index in [2.05, 4.69) is 51.1 Å². The maximum absolute atomic E-state index is 11.7. The van der Waals surface area contributed by atoms with E-state index in [0.29, 0.717) is 5.92 Å². The molecular formula is C18H20OS. The second-order valence-electron chi connectivity index (χ2n) is 6.50. The molecule has 1 aliphatic carbocycles. The molecule has 0 aliphatic heterocycles. The van der Waals surface area contributed by atoms with Crippen molar-refractivity contribution in [3.63, 3.8) is 0 Å². The Bertz CT molecular complexity index is 678. The minimum Gasteiger partial charge on any atom is -0.294 e. The number of hydrogen-bond acceptors (Lipinski definition) is 2. The predicted molar refractivity (Wildman–Crippen MR) is 85.7 cm³/mol. The third-order valence-electron chi connectivity index (χ3n) is 4.65. The van der Waals surface area contributed by atoms with Gasteiger partial charge in [0.2, 0.25) is 0 Å². The molecule has 0 N–H and O–H groups in total. The molecule has 0 saturated carbocycles. The van der Waals surface area contributed by atoms with Crippen molar-refractivity contribution >= 4 is 17.1 Å². The summed E-state index contributed by atoms with van der Waals surface area (Å²) in [5.74, 6) is 0.625. The number of fused-ring (bicyclic) bond motifs is 3. The summed E-state index contributed by atoms with van der Waals surface area (Å²) in [6, 6.07) is 10.8. The molecule has 3 rings (SSSR count). The van der Waals surface area contributed by atoms with Gasteiger partial charge in [0.1, 0.15) is 0 Å². The summed E-state index contributed by atoms with van der Waals surface area (Å²) in [5, 5.41) is 0. The highest BCUT2D eigenvalue weighted by atomic mass is 32.1. The minimum absolute atomic E-state index is 0.172. The van der Waals surface area contributed by atoms with Gasteiger partial charge < -0.3 is 0 Å². The molecule has 0 bridgehead atoms. The van der Waals surface area contributed by atoms with Crippen LogP contribution >= 0.6 is 11.3 Å². The Morgan fingerprint density at radius 2 is 2.00 bits per heavy atom.